The molecule has 3 aromatic rings. The molecule has 0 bridgehead atoms. The number of carbonyl (C=O) groups is 1. The average molecular weight is 448 g/mol. The zero-order chi connectivity index (χ0) is 22.4. The quantitative estimate of drug-likeness (QED) is 0.534. The van der Waals surface area contributed by atoms with Crippen molar-refractivity contribution in [2.24, 2.45) is 0 Å². The number of nitrogens with one attached hydrogen (secondary N) is 2. The Morgan fingerprint density at radius 3 is 2.29 bits per heavy atom. The Bertz CT molecular complexity index is 1170. The maximum Gasteiger partial charge on any atom is 0.387 e. The lowest BCUT2D eigenvalue weighted by Crippen LogP contribution is -2.16. The maximum atomic E-state index is 12.7. The van der Waals surface area contributed by atoms with E-state index >= 15 is 0 Å². The fourth-order valence-corrected chi connectivity index (χ4v) is 3.73. The molecule has 0 aliphatic heterocycles. The largest absolute Gasteiger partial charge is 0.497 e. The molecule has 0 saturated carbocycles. The Hall–Kier alpha value is -3.66. The van der Waals surface area contributed by atoms with Crippen LogP contribution in [0.15, 0.2) is 77.7 Å². The average Bonchev–Trinajstić information content (AvgIpc) is 2.74. The van der Waals surface area contributed by atoms with Gasteiger partial charge in [-0.2, -0.15) is 8.78 Å². The van der Waals surface area contributed by atoms with Gasteiger partial charge in [-0.05, 0) is 54.6 Å². The molecule has 31 heavy (non-hydrogen) atoms. The van der Waals surface area contributed by atoms with Gasteiger partial charge >= 0.3 is 6.61 Å². The normalized spacial score (nSPS) is 11.1. The van der Waals surface area contributed by atoms with Gasteiger partial charge in [0.15, 0.2) is 0 Å². The molecule has 2 N–H and O–H groups in total. The lowest BCUT2D eigenvalue weighted by molar-refractivity contribution is -0.0498. The fraction of sp³-hybridized carbons (Fsp3) is 0.0952. The molecule has 0 aliphatic carbocycles. The van der Waals surface area contributed by atoms with E-state index in [1.165, 1.54) is 55.6 Å². The zero-order valence-electron chi connectivity index (χ0n) is 16.2. The van der Waals surface area contributed by atoms with Gasteiger partial charge < -0.3 is 14.8 Å². The summed E-state index contributed by atoms with van der Waals surface area (Å²) in [6.07, 6.45) is 0. The van der Waals surface area contributed by atoms with Crippen LogP contribution in [0.5, 0.6) is 11.5 Å². The second-order valence-corrected chi connectivity index (χ2v) is 7.90. The SMILES string of the molecule is COc1ccc(NS(=O)(=O)c2cccc(C(=O)Nc3cccc(OC(F)F)c3)c2)cc1. The molecular formula is C21H18F2N2O5S. The summed E-state index contributed by atoms with van der Waals surface area (Å²) in [7, 11) is -2.46. The predicted octanol–water partition coefficient (Wildman–Crippen LogP) is 4.35. The molecule has 0 radical (unpaired) electrons. The van der Waals surface area contributed by atoms with Crippen molar-refractivity contribution in [3.63, 3.8) is 0 Å². The first-order chi connectivity index (χ1) is 14.8. The summed E-state index contributed by atoms with van der Waals surface area (Å²) in [4.78, 5) is 12.4. The van der Waals surface area contributed by atoms with Crippen molar-refractivity contribution in [1.29, 1.82) is 0 Å². The molecular weight excluding hydrogens is 430 g/mol. The van der Waals surface area contributed by atoms with E-state index in [1.54, 1.807) is 24.3 Å². The Balaban J connectivity index is 1.76. The van der Waals surface area contributed by atoms with E-state index in [0.29, 0.717) is 11.4 Å². The van der Waals surface area contributed by atoms with Crippen molar-refractivity contribution >= 4 is 27.3 Å². The van der Waals surface area contributed by atoms with Gasteiger partial charge in [0.25, 0.3) is 15.9 Å². The van der Waals surface area contributed by atoms with Crippen molar-refractivity contribution in [3.8, 4) is 11.5 Å². The van der Waals surface area contributed by atoms with Gasteiger partial charge in [0.05, 0.1) is 12.0 Å². The third-order valence-electron chi connectivity index (χ3n) is 4.07. The molecule has 0 atom stereocenters. The highest BCUT2D eigenvalue weighted by molar-refractivity contribution is 7.92. The molecule has 0 heterocycles. The number of hydrogen-bond acceptors (Lipinski definition) is 5. The van der Waals surface area contributed by atoms with E-state index < -0.39 is 22.5 Å². The van der Waals surface area contributed by atoms with E-state index in [0.717, 1.165) is 0 Å². The lowest BCUT2D eigenvalue weighted by Gasteiger charge is -2.11. The van der Waals surface area contributed by atoms with E-state index in [9.17, 15) is 22.0 Å². The van der Waals surface area contributed by atoms with Crippen molar-refractivity contribution in [2.45, 2.75) is 11.5 Å². The summed E-state index contributed by atoms with van der Waals surface area (Å²) in [5.41, 5.74) is 0.608. The first-order valence-corrected chi connectivity index (χ1v) is 10.4. The van der Waals surface area contributed by atoms with Crippen LogP contribution >= 0.6 is 0 Å². The number of rotatable bonds is 8. The number of alkyl halides is 2. The number of ether oxygens (including phenoxy) is 2. The molecule has 7 nitrogen and oxygen atoms in total. The molecule has 3 rings (SSSR count). The molecule has 10 heteroatoms. The van der Waals surface area contributed by atoms with Crippen LogP contribution in [0.3, 0.4) is 0 Å². The van der Waals surface area contributed by atoms with Crippen LogP contribution in [0.2, 0.25) is 0 Å². The number of halogens is 2. The Kier molecular flexibility index (Phi) is 6.71. The van der Waals surface area contributed by atoms with Gasteiger partial charge in [-0.15, -0.1) is 0 Å². The summed E-state index contributed by atoms with van der Waals surface area (Å²) in [5.74, 6) is -0.159. The summed E-state index contributed by atoms with van der Waals surface area (Å²) in [6, 6.07) is 17.2. The second-order valence-electron chi connectivity index (χ2n) is 6.22. The first kappa shape index (κ1) is 22.0. The summed E-state index contributed by atoms with van der Waals surface area (Å²) in [5, 5.41) is 2.52. The van der Waals surface area contributed by atoms with Crippen LogP contribution in [-0.2, 0) is 10.0 Å². The van der Waals surface area contributed by atoms with Gasteiger partial charge in [-0.1, -0.05) is 12.1 Å². The van der Waals surface area contributed by atoms with Crippen LogP contribution < -0.4 is 19.5 Å². The number of amides is 1. The number of benzene rings is 3. The van der Waals surface area contributed by atoms with Gasteiger partial charge in [-0.25, -0.2) is 8.42 Å². The molecule has 162 valence electrons. The molecule has 0 saturated heterocycles. The van der Waals surface area contributed by atoms with E-state index in [2.05, 4.69) is 14.8 Å². The lowest BCUT2D eigenvalue weighted by atomic mass is 10.2. The molecule has 3 aromatic carbocycles. The highest BCUT2D eigenvalue weighted by atomic mass is 32.2. The van der Waals surface area contributed by atoms with Crippen LogP contribution in [0.25, 0.3) is 0 Å². The van der Waals surface area contributed by atoms with Gasteiger partial charge in [-0.3, -0.25) is 9.52 Å². The summed E-state index contributed by atoms with van der Waals surface area (Å²) < 4.78 is 61.8. The zero-order valence-corrected chi connectivity index (χ0v) is 17.0. The van der Waals surface area contributed by atoms with Crippen LogP contribution in [0.4, 0.5) is 20.2 Å². The smallest absolute Gasteiger partial charge is 0.387 e. The third-order valence-corrected chi connectivity index (χ3v) is 5.44. The Morgan fingerprint density at radius 1 is 0.903 bits per heavy atom. The van der Waals surface area contributed by atoms with E-state index in [4.69, 9.17) is 4.74 Å². The van der Waals surface area contributed by atoms with Crippen molar-refractivity contribution in [3.05, 3.63) is 78.4 Å². The molecule has 0 unspecified atom stereocenters. The minimum absolute atomic E-state index is 0.0674. The molecule has 1 amide bonds. The monoisotopic (exact) mass is 448 g/mol. The van der Waals surface area contributed by atoms with Gasteiger partial charge in [0.1, 0.15) is 11.5 Å². The Labute approximate surface area is 177 Å². The highest BCUT2D eigenvalue weighted by Crippen LogP contribution is 2.22. The van der Waals surface area contributed by atoms with E-state index in [1.807, 2.05) is 0 Å². The fourth-order valence-electron chi connectivity index (χ4n) is 2.63. The number of hydrogen-bond donors (Lipinski definition) is 2. The minimum Gasteiger partial charge on any atom is -0.497 e. The van der Waals surface area contributed by atoms with Gasteiger partial charge in [0.2, 0.25) is 0 Å². The van der Waals surface area contributed by atoms with Crippen LogP contribution in [-0.4, -0.2) is 28.0 Å². The molecule has 0 spiro atoms. The number of carbonyl (C=O) groups excluding carboxylic acids is 1. The second kappa shape index (κ2) is 9.43. The van der Waals surface area contributed by atoms with Crippen LogP contribution in [0.1, 0.15) is 10.4 Å². The third kappa shape index (κ3) is 5.92. The molecule has 0 fully saturated rings. The van der Waals surface area contributed by atoms with Crippen molar-refractivity contribution < 1.29 is 31.5 Å². The Morgan fingerprint density at radius 2 is 1.61 bits per heavy atom. The highest BCUT2D eigenvalue weighted by Gasteiger charge is 2.17. The summed E-state index contributed by atoms with van der Waals surface area (Å²) in [6.45, 7) is -2.99. The molecule has 0 aliphatic rings. The topological polar surface area (TPSA) is 93.7 Å². The number of anilines is 2. The first-order valence-electron chi connectivity index (χ1n) is 8.90. The number of sulfonamides is 1. The van der Waals surface area contributed by atoms with Crippen molar-refractivity contribution in [1.82, 2.24) is 0 Å². The maximum absolute atomic E-state index is 12.7. The van der Waals surface area contributed by atoms with Crippen LogP contribution in [0, 0.1) is 0 Å². The minimum atomic E-state index is -3.96. The predicted molar refractivity (Wildman–Crippen MR) is 111 cm³/mol. The summed E-state index contributed by atoms with van der Waals surface area (Å²) >= 11 is 0. The standard InChI is InChI=1S/C21H18F2N2O5S/c1-29-17-10-8-15(9-11-17)25-31(27,28)19-7-2-4-14(12-19)20(26)24-16-5-3-6-18(13-16)30-21(22)23/h2-13,21,25H,1H3,(H,24,26). The number of methoxy groups -OCH3 is 1. The molecule has 0 aromatic heterocycles. The van der Waals surface area contributed by atoms with Crippen molar-refractivity contribution in [2.75, 3.05) is 17.1 Å². The van der Waals surface area contributed by atoms with E-state index in [-0.39, 0.29) is 21.9 Å². The van der Waals surface area contributed by atoms with Gasteiger partial charge in [0, 0.05) is 23.0 Å².